The van der Waals surface area contributed by atoms with Gasteiger partial charge in [0.2, 0.25) is 0 Å². The number of carbonyl (C=O) groups excluding carboxylic acids is 2. The molecule has 172 valence electrons. The molecule has 0 atom stereocenters. The fraction of sp³-hybridized carbons (Fsp3) is 0.174. The van der Waals surface area contributed by atoms with Crippen molar-refractivity contribution in [2.75, 3.05) is 13.2 Å². The Balaban J connectivity index is 1.50. The summed E-state index contributed by atoms with van der Waals surface area (Å²) in [5.74, 6) is 0.0717. The summed E-state index contributed by atoms with van der Waals surface area (Å²) in [5.41, 5.74) is 5.24. The minimum Gasteiger partial charge on any atom is -0.493 e. The van der Waals surface area contributed by atoms with Crippen LogP contribution in [0.4, 0.5) is 0 Å². The normalized spacial score (nSPS) is 10.4. The molecule has 3 aromatic carbocycles. The van der Waals surface area contributed by atoms with Crippen LogP contribution in [0.2, 0.25) is 0 Å². The second kappa shape index (κ2) is 12.0. The number of rotatable bonds is 7. The fourth-order valence-corrected chi connectivity index (χ4v) is 3.98. The van der Waals surface area contributed by atoms with Crippen LogP contribution in [-0.2, 0) is 4.79 Å². The second-order valence-corrected chi connectivity index (χ2v) is 8.95. The molecule has 7 nitrogen and oxygen atoms in total. The van der Waals surface area contributed by atoms with Crippen molar-refractivity contribution in [2.45, 2.75) is 13.3 Å². The molecule has 0 aliphatic heterocycles. The van der Waals surface area contributed by atoms with E-state index in [4.69, 9.17) is 21.7 Å². The number of benzene rings is 3. The lowest BCUT2D eigenvalue weighted by molar-refractivity contribution is -0.123. The number of nitrogens with one attached hydrogen (secondary N) is 3. The maximum absolute atomic E-state index is 12.5. The van der Waals surface area contributed by atoms with Crippen LogP contribution >= 0.6 is 44.1 Å². The number of halogens is 2. The number of hydrazine groups is 1. The molecule has 33 heavy (non-hydrogen) atoms. The van der Waals surface area contributed by atoms with Crippen molar-refractivity contribution >= 4 is 71.8 Å². The van der Waals surface area contributed by atoms with Gasteiger partial charge in [0.15, 0.2) is 11.7 Å². The van der Waals surface area contributed by atoms with Crippen LogP contribution in [0, 0.1) is 0 Å². The van der Waals surface area contributed by atoms with Gasteiger partial charge in [-0.15, -0.1) is 0 Å². The van der Waals surface area contributed by atoms with Gasteiger partial charge in [0.1, 0.15) is 11.5 Å². The molecule has 3 aromatic rings. The number of hydrogen-bond donors (Lipinski definition) is 3. The molecule has 10 heteroatoms. The monoisotopic (exact) mass is 593 g/mol. The van der Waals surface area contributed by atoms with Crippen LogP contribution in [0.5, 0.6) is 11.5 Å². The Bertz CT molecular complexity index is 1190. The Hall–Kier alpha value is -2.69. The summed E-state index contributed by atoms with van der Waals surface area (Å²) < 4.78 is 12.9. The Morgan fingerprint density at radius 1 is 0.970 bits per heavy atom. The van der Waals surface area contributed by atoms with Gasteiger partial charge in [-0.2, -0.15) is 0 Å². The summed E-state index contributed by atoms with van der Waals surface area (Å²) in [7, 11) is 0. The molecule has 0 unspecified atom stereocenters. The predicted molar refractivity (Wildman–Crippen MR) is 138 cm³/mol. The lowest BCUT2D eigenvalue weighted by Crippen LogP contribution is -2.49. The molecule has 0 aliphatic rings. The van der Waals surface area contributed by atoms with E-state index in [9.17, 15) is 9.59 Å². The van der Waals surface area contributed by atoms with E-state index in [1.807, 2.05) is 31.2 Å². The summed E-state index contributed by atoms with van der Waals surface area (Å²) in [5, 5.41) is 4.44. The highest BCUT2D eigenvalue weighted by Crippen LogP contribution is 2.34. The first-order valence-corrected chi connectivity index (χ1v) is 12.0. The summed E-state index contributed by atoms with van der Waals surface area (Å²) in [4.78, 5) is 24.7. The first kappa shape index (κ1) is 24.9. The maximum Gasteiger partial charge on any atom is 0.276 e. The van der Waals surface area contributed by atoms with E-state index in [-0.39, 0.29) is 11.7 Å². The highest BCUT2D eigenvalue weighted by Gasteiger charge is 2.14. The van der Waals surface area contributed by atoms with Gasteiger partial charge in [0.25, 0.3) is 11.8 Å². The number of thiocarbonyl (C=S) groups is 1. The van der Waals surface area contributed by atoms with Gasteiger partial charge >= 0.3 is 0 Å². The Morgan fingerprint density at radius 2 is 1.76 bits per heavy atom. The molecule has 0 saturated heterocycles. The van der Waals surface area contributed by atoms with E-state index in [0.717, 1.165) is 26.1 Å². The Morgan fingerprint density at radius 3 is 2.55 bits per heavy atom. The minimum absolute atomic E-state index is 0.0592. The van der Waals surface area contributed by atoms with Crippen molar-refractivity contribution in [3.8, 4) is 11.5 Å². The molecule has 0 heterocycles. The molecule has 3 N–H and O–H groups in total. The third-order valence-corrected chi connectivity index (χ3v) is 5.89. The van der Waals surface area contributed by atoms with Crippen molar-refractivity contribution in [3.63, 3.8) is 0 Å². The minimum atomic E-state index is -0.471. The van der Waals surface area contributed by atoms with Crippen LogP contribution in [0.25, 0.3) is 10.8 Å². The summed E-state index contributed by atoms with van der Waals surface area (Å²) in [6.45, 7) is 2.22. The molecule has 2 amide bonds. The van der Waals surface area contributed by atoms with Crippen molar-refractivity contribution in [1.82, 2.24) is 16.2 Å². The molecule has 0 spiro atoms. The van der Waals surface area contributed by atoms with Crippen LogP contribution in [0.15, 0.2) is 63.5 Å². The summed E-state index contributed by atoms with van der Waals surface area (Å²) in [6.07, 6.45) is 0.817. The summed E-state index contributed by atoms with van der Waals surface area (Å²) in [6, 6.07) is 16.4. The molecule has 0 fully saturated rings. The van der Waals surface area contributed by atoms with E-state index < -0.39 is 11.8 Å². The van der Waals surface area contributed by atoms with Crippen molar-refractivity contribution in [1.29, 1.82) is 0 Å². The first-order valence-electron chi connectivity index (χ1n) is 10.0. The Kier molecular flexibility index (Phi) is 9.04. The molecule has 0 saturated carbocycles. The topological polar surface area (TPSA) is 88.7 Å². The second-order valence-electron chi connectivity index (χ2n) is 6.83. The zero-order chi connectivity index (χ0) is 23.8. The molecular formula is C23H21Br2N3O4S. The van der Waals surface area contributed by atoms with Crippen molar-refractivity contribution in [3.05, 3.63) is 69.1 Å². The van der Waals surface area contributed by atoms with Gasteiger partial charge < -0.3 is 9.47 Å². The molecular weight excluding hydrogens is 574 g/mol. The van der Waals surface area contributed by atoms with Crippen LogP contribution < -0.4 is 25.6 Å². The smallest absolute Gasteiger partial charge is 0.276 e. The lowest BCUT2D eigenvalue weighted by Gasteiger charge is -2.14. The predicted octanol–water partition coefficient (Wildman–Crippen LogP) is 4.87. The first-order chi connectivity index (χ1) is 15.9. The van der Waals surface area contributed by atoms with Gasteiger partial charge in [-0.1, -0.05) is 47.1 Å². The molecule has 0 aromatic heterocycles. The average Bonchev–Trinajstić information content (AvgIpc) is 2.81. The van der Waals surface area contributed by atoms with Crippen LogP contribution in [-0.4, -0.2) is 30.1 Å². The number of para-hydroxylation sites is 1. The average molecular weight is 595 g/mol. The maximum atomic E-state index is 12.5. The SMILES string of the molecule is CCCOc1ccccc1C(=O)NC(=S)NNC(=O)COc1ccc2cc(Br)ccc2c1Br. The third-order valence-electron chi connectivity index (χ3n) is 4.38. The largest absolute Gasteiger partial charge is 0.493 e. The van der Waals surface area contributed by atoms with E-state index in [2.05, 4.69) is 48.0 Å². The standard InChI is InChI=1S/C23H21Br2N3O4S/c1-2-11-31-18-6-4-3-5-17(18)22(30)26-23(33)28-27-20(29)13-32-19-10-7-14-12-15(24)8-9-16(14)21(19)25/h3-10,12H,2,11,13H2,1H3,(H,27,29)(H2,26,28,30,33). The van der Waals surface area contributed by atoms with Gasteiger partial charge in [-0.25, -0.2) is 0 Å². The fourth-order valence-electron chi connectivity index (χ4n) is 2.85. The van der Waals surface area contributed by atoms with Gasteiger partial charge in [0.05, 0.1) is 16.6 Å². The lowest BCUT2D eigenvalue weighted by atomic mass is 10.1. The molecule has 0 bridgehead atoms. The van der Waals surface area contributed by atoms with Gasteiger partial charge in [-0.3, -0.25) is 25.8 Å². The van der Waals surface area contributed by atoms with E-state index in [1.54, 1.807) is 30.3 Å². The summed E-state index contributed by atoms with van der Waals surface area (Å²) >= 11 is 12.1. The van der Waals surface area contributed by atoms with Crippen molar-refractivity contribution in [2.24, 2.45) is 0 Å². The number of ether oxygens (including phenoxy) is 2. The number of amides is 2. The van der Waals surface area contributed by atoms with E-state index in [1.165, 1.54) is 0 Å². The zero-order valence-corrected chi connectivity index (χ0v) is 21.6. The van der Waals surface area contributed by atoms with Gasteiger partial charge in [-0.05, 0) is 75.7 Å². The van der Waals surface area contributed by atoms with Crippen LogP contribution in [0.3, 0.4) is 0 Å². The van der Waals surface area contributed by atoms with E-state index >= 15 is 0 Å². The highest BCUT2D eigenvalue weighted by atomic mass is 79.9. The number of hydrogen-bond acceptors (Lipinski definition) is 5. The molecule has 0 radical (unpaired) electrons. The zero-order valence-electron chi connectivity index (χ0n) is 17.6. The Labute approximate surface area is 213 Å². The van der Waals surface area contributed by atoms with Crippen LogP contribution in [0.1, 0.15) is 23.7 Å². The van der Waals surface area contributed by atoms with E-state index in [0.29, 0.717) is 23.7 Å². The highest BCUT2D eigenvalue weighted by molar-refractivity contribution is 9.11. The quantitative estimate of drug-likeness (QED) is 0.267. The third kappa shape index (κ3) is 6.89. The molecule has 0 aliphatic carbocycles. The number of fused-ring (bicyclic) bond motifs is 1. The van der Waals surface area contributed by atoms with Crippen molar-refractivity contribution < 1.29 is 19.1 Å². The number of carbonyl (C=O) groups is 2. The van der Waals surface area contributed by atoms with Gasteiger partial charge in [0, 0.05) is 4.47 Å². The molecule has 3 rings (SSSR count).